The lowest BCUT2D eigenvalue weighted by molar-refractivity contribution is 0.365. The van der Waals surface area contributed by atoms with E-state index >= 15 is 0 Å². The minimum absolute atomic E-state index is 0.657. The van der Waals surface area contributed by atoms with Gasteiger partial charge in [-0.2, -0.15) is 5.10 Å². The van der Waals surface area contributed by atoms with Crippen molar-refractivity contribution in [1.82, 2.24) is 20.8 Å². The Hall–Kier alpha value is -0.870. The van der Waals surface area contributed by atoms with Gasteiger partial charge in [-0.3, -0.25) is 5.10 Å². The number of nitrogens with one attached hydrogen (secondary N) is 3. The summed E-state index contributed by atoms with van der Waals surface area (Å²) < 4.78 is 0. The van der Waals surface area contributed by atoms with Crippen LogP contribution in [-0.2, 0) is 6.54 Å². The van der Waals surface area contributed by atoms with Crippen LogP contribution in [0.15, 0.2) is 12.4 Å². The molecular formula is C7H12N4. The predicted molar refractivity (Wildman–Crippen MR) is 42.1 cm³/mol. The maximum atomic E-state index is 3.86. The Balaban J connectivity index is 1.74. The molecule has 1 saturated heterocycles. The van der Waals surface area contributed by atoms with Crippen LogP contribution < -0.4 is 10.6 Å². The molecule has 0 bridgehead atoms. The van der Waals surface area contributed by atoms with Gasteiger partial charge in [0.1, 0.15) is 0 Å². The monoisotopic (exact) mass is 152 g/mol. The first-order valence-corrected chi connectivity index (χ1v) is 3.87. The highest BCUT2D eigenvalue weighted by Crippen LogP contribution is 1.96. The van der Waals surface area contributed by atoms with Crippen molar-refractivity contribution in [1.29, 1.82) is 0 Å². The van der Waals surface area contributed by atoms with Gasteiger partial charge in [-0.05, 0) is 0 Å². The number of aromatic nitrogens is 2. The van der Waals surface area contributed by atoms with Crippen molar-refractivity contribution in [3.05, 3.63) is 18.0 Å². The van der Waals surface area contributed by atoms with Crippen LogP contribution in [0.2, 0.25) is 0 Å². The van der Waals surface area contributed by atoms with Crippen LogP contribution in [0.25, 0.3) is 0 Å². The zero-order chi connectivity index (χ0) is 7.52. The smallest absolute Gasteiger partial charge is 0.0532 e. The topological polar surface area (TPSA) is 52.7 Å². The van der Waals surface area contributed by atoms with Crippen molar-refractivity contribution < 1.29 is 0 Å². The van der Waals surface area contributed by atoms with Crippen LogP contribution in [0.1, 0.15) is 5.56 Å². The molecule has 0 radical (unpaired) electrons. The highest BCUT2D eigenvalue weighted by Gasteiger charge is 2.14. The van der Waals surface area contributed by atoms with Gasteiger partial charge in [-0.15, -0.1) is 0 Å². The summed E-state index contributed by atoms with van der Waals surface area (Å²) in [5, 5.41) is 13.3. The van der Waals surface area contributed by atoms with E-state index in [1.165, 1.54) is 5.56 Å². The van der Waals surface area contributed by atoms with E-state index in [-0.39, 0.29) is 0 Å². The molecule has 1 aliphatic heterocycles. The maximum absolute atomic E-state index is 3.86. The number of hydrogen-bond donors (Lipinski definition) is 3. The highest BCUT2D eigenvalue weighted by molar-refractivity contribution is 5.02. The van der Waals surface area contributed by atoms with Crippen LogP contribution in [-0.4, -0.2) is 29.3 Å². The molecule has 0 amide bonds. The largest absolute Gasteiger partial charge is 0.314 e. The van der Waals surface area contributed by atoms with Gasteiger partial charge >= 0.3 is 0 Å². The molecule has 1 aromatic heterocycles. The summed E-state index contributed by atoms with van der Waals surface area (Å²) in [5.41, 5.74) is 1.22. The van der Waals surface area contributed by atoms with E-state index < -0.39 is 0 Å². The molecule has 0 aromatic carbocycles. The van der Waals surface area contributed by atoms with Crippen LogP contribution in [0.4, 0.5) is 0 Å². The van der Waals surface area contributed by atoms with Gasteiger partial charge in [0.25, 0.3) is 0 Å². The number of aromatic amines is 1. The second-order valence-corrected chi connectivity index (χ2v) is 2.84. The number of nitrogens with zero attached hydrogens (tertiary/aromatic N) is 1. The third-order valence-corrected chi connectivity index (χ3v) is 1.93. The van der Waals surface area contributed by atoms with Crippen molar-refractivity contribution in [2.45, 2.75) is 12.6 Å². The second-order valence-electron chi connectivity index (χ2n) is 2.84. The summed E-state index contributed by atoms with van der Waals surface area (Å²) in [5.74, 6) is 0. The number of H-pyrrole nitrogens is 1. The summed E-state index contributed by atoms with van der Waals surface area (Å²) in [6.07, 6.45) is 3.76. The molecule has 0 aliphatic carbocycles. The minimum Gasteiger partial charge on any atom is -0.314 e. The van der Waals surface area contributed by atoms with Gasteiger partial charge in [-0.25, -0.2) is 0 Å². The summed E-state index contributed by atoms with van der Waals surface area (Å²) in [6.45, 7) is 3.11. The first kappa shape index (κ1) is 6.82. The normalized spacial score (nSPS) is 18.2. The average Bonchev–Trinajstić information content (AvgIpc) is 2.36. The maximum Gasteiger partial charge on any atom is 0.0532 e. The van der Waals surface area contributed by atoms with E-state index in [1.54, 1.807) is 0 Å². The molecule has 0 saturated carbocycles. The molecule has 0 atom stereocenters. The highest BCUT2D eigenvalue weighted by atomic mass is 15.1. The fourth-order valence-corrected chi connectivity index (χ4v) is 1.07. The van der Waals surface area contributed by atoms with Crippen molar-refractivity contribution >= 4 is 0 Å². The second kappa shape index (κ2) is 3.02. The summed E-state index contributed by atoms with van der Waals surface area (Å²) >= 11 is 0. The average molecular weight is 152 g/mol. The van der Waals surface area contributed by atoms with Crippen LogP contribution >= 0.6 is 0 Å². The van der Waals surface area contributed by atoms with E-state index in [4.69, 9.17) is 0 Å². The zero-order valence-electron chi connectivity index (χ0n) is 6.30. The molecule has 1 fully saturated rings. The molecule has 60 valence electrons. The Morgan fingerprint density at radius 1 is 1.64 bits per heavy atom. The van der Waals surface area contributed by atoms with E-state index in [1.807, 2.05) is 12.4 Å². The molecule has 2 heterocycles. The van der Waals surface area contributed by atoms with Gasteiger partial charge in [0.15, 0.2) is 0 Å². The molecule has 1 aliphatic rings. The summed E-state index contributed by atoms with van der Waals surface area (Å²) in [6, 6.07) is 0.657. The molecule has 4 nitrogen and oxygen atoms in total. The standard InChI is InChI=1S/C7H12N4/c1(6-2-10-11-3-6)9-7-4-8-5-7/h2-3,7-9H,1,4-5H2,(H,10,11). The van der Waals surface area contributed by atoms with E-state index in [9.17, 15) is 0 Å². The Morgan fingerprint density at radius 3 is 3.09 bits per heavy atom. The van der Waals surface area contributed by atoms with E-state index in [0.717, 1.165) is 19.6 Å². The molecule has 4 heteroatoms. The molecule has 0 unspecified atom stereocenters. The third-order valence-electron chi connectivity index (χ3n) is 1.93. The molecule has 1 aromatic rings. The minimum atomic E-state index is 0.657. The van der Waals surface area contributed by atoms with Gasteiger partial charge in [0, 0.05) is 37.4 Å². The van der Waals surface area contributed by atoms with Crippen LogP contribution in [0, 0.1) is 0 Å². The first-order valence-electron chi connectivity index (χ1n) is 3.87. The van der Waals surface area contributed by atoms with Gasteiger partial charge in [0.05, 0.1) is 6.20 Å². The van der Waals surface area contributed by atoms with Crippen molar-refractivity contribution in [3.63, 3.8) is 0 Å². The molecule has 2 rings (SSSR count). The van der Waals surface area contributed by atoms with Gasteiger partial charge in [-0.1, -0.05) is 0 Å². The molecule has 3 N–H and O–H groups in total. The quantitative estimate of drug-likeness (QED) is 0.546. The lowest BCUT2D eigenvalue weighted by Gasteiger charge is -2.27. The fourth-order valence-electron chi connectivity index (χ4n) is 1.07. The fraction of sp³-hybridized carbons (Fsp3) is 0.571. The van der Waals surface area contributed by atoms with Crippen molar-refractivity contribution in [3.8, 4) is 0 Å². The lowest BCUT2D eigenvalue weighted by Crippen LogP contribution is -2.54. The summed E-state index contributed by atoms with van der Waals surface area (Å²) in [7, 11) is 0. The van der Waals surface area contributed by atoms with Crippen LogP contribution in [0.5, 0.6) is 0 Å². The predicted octanol–water partition coefficient (Wildman–Crippen LogP) is -0.529. The zero-order valence-corrected chi connectivity index (χ0v) is 6.30. The first-order chi connectivity index (χ1) is 5.45. The van der Waals surface area contributed by atoms with E-state index in [0.29, 0.717) is 6.04 Å². The van der Waals surface area contributed by atoms with Gasteiger partial charge in [0.2, 0.25) is 0 Å². The number of hydrogen-bond acceptors (Lipinski definition) is 3. The third kappa shape index (κ3) is 1.58. The number of rotatable bonds is 3. The Kier molecular flexibility index (Phi) is 1.87. The SMILES string of the molecule is c1n[nH]cc1CNC1CNC1. The Bertz CT molecular complexity index is 202. The molecular weight excluding hydrogens is 140 g/mol. The van der Waals surface area contributed by atoms with Crippen LogP contribution in [0.3, 0.4) is 0 Å². The molecule has 0 spiro atoms. The lowest BCUT2D eigenvalue weighted by atomic mass is 10.2. The van der Waals surface area contributed by atoms with Gasteiger partial charge < -0.3 is 10.6 Å². The summed E-state index contributed by atoms with van der Waals surface area (Å²) in [4.78, 5) is 0. The Labute approximate surface area is 65.4 Å². The van der Waals surface area contributed by atoms with E-state index in [2.05, 4.69) is 20.8 Å². The Morgan fingerprint density at radius 2 is 2.55 bits per heavy atom. The van der Waals surface area contributed by atoms with Crippen molar-refractivity contribution in [2.24, 2.45) is 0 Å². The van der Waals surface area contributed by atoms with Crippen molar-refractivity contribution in [2.75, 3.05) is 13.1 Å². The molecule has 11 heavy (non-hydrogen) atoms.